The first-order valence-electron chi connectivity index (χ1n) is 5.86. The number of thiophene rings is 1. The largest absolute Gasteiger partial charge is 0.286 e. The predicted octanol–water partition coefficient (Wildman–Crippen LogP) is 3.64. The van der Waals surface area contributed by atoms with Crippen molar-refractivity contribution in [2.75, 3.05) is 0 Å². The third kappa shape index (κ3) is 3.62. The predicted molar refractivity (Wildman–Crippen MR) is 78.5 cm³/mol. The van der Waals surface area contributed by atoms with Crippen LogP contribution < -0.4 is 5.48 Å². The van der Waals surface area contributed by atoms with E-state index < -0.39 is 5.60 Å². The fourth-order valence-corrected chi connectivity index (χ4v) is 3.11. The number of hydrogen-bond acceptors (Lipinski definition) is 5. The van der Waals surface area contributed by atoms with E-state index in [4.69, 9.17) is 4.84 Å². The summed E-state index contributed by atoms with van der Waals surface area (Å²) >= 11 is 3.00. The Morgan fingerprint density at radius 2 is 2.16 bits per heavy atom. The molecule has 0 bridgehead atoms. The SMILES string of the molecule is Cc1nc(-c2cccs2)sc1C(=O)NOC(C)(C)C. The van der Waals surface area contributed by atoms with Gasteiger partial charge in [-0.2, -0.15) is 0 Å². The number of aromatic nitrogens is 1. The minimum atomic E-state index is -0.412. The zero-order valence-electron chi connectivity index (χ0n) is 11.3. The number of carbonyl (C=O) groups is 1. The van der Waals surface area contributed by atoms with E-state index in [1.54, 1.807) is 11.3 Å². The molecule has 2 rings (SSSR count). The minimum Gasteiger partial charge on any atom is -0.268 e. The summed E-state index contributed by atoms with van der Waals surface area (Å²) in [7, 11) is 0. The highest BCUT2D eigenvalue weighted by Crippen LogP contribution is 2.31. The van der Waals surface area contributed by atoms with Crippen molar-refractivity contribution in [3.05, 3.63) is 28.1 Å². The molecule has 0 atom stereocenters. The number of nitrogens with one attached hydrogen (secondary N) is 1. The third-order valence-corrected chi connectivity index (χ3v) is 4.38. The molecule has 1 N–H and O–H groups in total. The summed E-state index contributed by atoms with van der Waals surface area (Å²) in [6.45, 7) is 7.47. The molecule has 19 heavy (non-hydrogen) atoms. The molecule has 2 aromatic heterocycles. The van der Waals surface area contributed by atoms with Crippen LogP contribution >= 0.6 is 22.7 Å². The zero-order chi connectivity index (χ0) is 14.0. The lowest BCUT2D eigenvalue weighted by molar-refractivity contribution is -0.0588. The Bertz CT molecular complexity index is 568. The first kappa shape index (κ1) is 14.2. The van der Waals surface area contributed by atoms with E-state index in [1.165, 1.54) is 11.3 Å². The van der Waals surface area contributed by atoms with Crippen LogP contribution in [-0.4, -0.2) is 16.5 Å². The second-order valence-electron chi connectivity index (χ2n) is 5.06. The van der Waals surface area contributed by atoms with Gasteiger partial charge in [0.15, 0.2) is 0 Å². The number of hydroxylamine groups is 1. The first-order chi connectivity index (χ1) is 8.87. The Kier molecular flexibility index (Phi) is 4.03. The van der Waals surface area contributed by atoms with Crippen molar-refractivity contribution in [1.82, 2.24) is 10.5 Å². The normalized spacial score (nSPS) is 11.6. The minimum absolute atomic E-state index is 0.243. The molecule has 0 aliphatic rings. The molecule has 102 valence electrons. The molecule has 0 fully saturated rings. The quantitative estimate of drug-likeness (QED) is 0.880. The maximum atomic E-state index is 12.0. The van der Waals surface area contributed by atoms with Gasteiger partial charge in [0.2, 0.25) is 0 Å². The van der Waals surface area contributed by atoms with E-state index in [-0.39, 0.29) is 5.91 Å². The van der Waals surface area contributed by atoms with Crippen molar-refractivity contribution in [2.45, 2.75) is 33.3 Å². The van der Waals surface area contributed by atoms with E-state index >= 15 is 0 Å². The lowest BCUT2D eigenvalue weighted by Gasteiger charge is -2.18. The van der Waals surface area contributed by atoms with E-state index in [2.05, 4.69) is 10.5 Å². The van der Waals surface area contributed by atoms with Crippen molar-refractivity contribution in [1.29, 1.82) is 0 Å². The first-order valence-corrected chi connectivity index (χ1v) is 7.56. The number of aryl methyl sites for hydroxylation is 1. The van der Waals surface area contributed by atoms with Crippen LogP contribution in [0.15, 0.2) is 17.5 Å². The summed E-state index contributed by atoms with van der Waals surface area (Å²) in [6.07, 6.45) is 0. The number of thiazole rings is 1. The van der Waals surface area contributed by atoms with Gasteiger partial charge in [-0.15, -0.1) is 22.7 Å². The van der Waals surface area contributed by atoms with Crippen LogP contribution in [0, 0.1) is 6.92 Å². The maximum absolute atomic E-state index is 12.0. The molecular formula is C13H16N2O2S2. The topological polar surface area (TPSA) is 51.2 Å². The molecule has 2 aromatic rings. The molecule has 2 heterocycles. The lowest BCUT2D eigenvalue weighted by atomic mass is 10.2. The number of nitrogens with zero attached hydrogens (tertiary/aromatic N) is 1. The molecule has 0 spiro atoms. The fourth-order valence-electron chi connectivity index (χ4n) is 1.36. The highest BCUT2D eigenvalue weighted by molar-refractivity contribution is 7.22. The van der Waals surface area contributed by atoms with E-state index in [9.17, 15) is 4.79 Å². The van der Waals surface area contributed by atoms with Gasteiger partial charge < -0.3 is 0 Å². The van der Waals surface area contributed by atoms with Gasteiger partial charge in [-0.3, -0.25) is 9.63 Å². The summed E-state index contributed by atoms with van der Waals surface area (Å²) in [4.78, 5) is 23.4. The molecule has 0 saturated heterocycles. The van der Waals surface area contributed by atoms with Gasteiger partial charge in [-0.1, -0.05) is 6.07 Å². The van der Waals surface area contributed by atoms with Crippen LogP contribution in [0.5, 0.6) is 0 Å². The summed E-state index contributed by atoms with van der Waals surface area (Å²) < 4.78 is 0. The molecule has 0 saturated carbocycles. The molecule has 1 amide bonds. The second kappa shape index (κ2) is 5.40. The average molecular weight is 296 g/mol. The Labute approximate surface area is 120 Å². The van der Waals surface area contributed by atoms with Crippen LogP contribution in [0.1, 0.15) is 36.1 Å². The van der Waals surface area contributed by atoms with Gasteiger partial charge in [0, 0.05) is 0 Å². The number of amides is 1. The Hall–Kier alpha value is -1.24. The highest BCUT2D eigenvalue weighted by atomic mass is 32.1. The van der Waals surface area contributed by atoms with Gasteiger partial charge >= 0.3 is 0 Å². The standard InChI is InChI=1S/C13H16N2O2S2/c1-8-10(11(16)15-17-13(2,3)4)19-12(14-8)9-6-5-7-18-9/h5-7H,1-4H3,(H,15,16). The van der Waals surface area contributed by atoms with Crippen LogP contribution in [0.4, 0.5) is 0 Å². The summed E-state index contributed by atoms with van der Waals surface area (Å²) in [6, 6.07) is 3.97. The lowest BCUT2D eigenvalue weighted by Crippen LogP contribution is -2.33. The molecular weight excluding hydrogens is 280 g/mol. The molecule has 0 aliphatic carbocycles. The van der Waals surface area contributed by atoms with Crippen molar-refractivity contribution < 1.29 is 9.63 Å². The molecule has 0 unspecified atom stereocenters. The van der Waals surface area contributed by atoms with E-state index in [0.29, 0.717) is 4.88 Å². The summed E-state index contributed by atoms with van der Waals surface area (Å²) in [5.74, 6) is -0.243. The zero-order valence-corrected chi connectivity index (χ0v) is 12.9. The third-order valence-electron chi connectivity index (χ3n) is 2.18. The van der Waals surface area contributed by atoms with Crippen LogP contribution in [0.25, 0.3) is 9.88 Å². The Morgan fingerprint density at radius 1 is 1.42 bits per heavy atom. The second-order valence-corrected chi connectivity index (χ2v) is 7.00. The molecule has 6 heteroatoms. The van der Waals surface area contributed by atoms with Crippen molar-refractivity contribution in [3.63, 3.8) is 0 Å². The number of carbonyl (C=O) groups excluding carboxylic acids is 1. The van der Waals surface area contributed by atoms with Crippen LogP contribution in [0.2, 0.25) is 0 Å². The van der Waals surface area contributed by atoms with Gasteiger partial charge in [0.1, 0.15) is 9.88 Å². The molecule has 0 aromatic carbocycles. The monoisotopic (exact) mass is 296 g/mol. The number of rotatable bonds is 3. The summed E-state index contributed by atoms with van der Waals surface area (Å²) in [5, 5.41) is 2.86. The maximum Gasteiger partial charge on any atom is 0.286 e. The van der Waals surface area contributed by atoms with Gasteiger partial charge in [-0.05, 0) is 39.1 Å². The molecule has 0 aliphatic heterocycles. The Balaban J connectivity index is 2.15. The van der Waals surface area contributed by atoms with E-state index in [0.717, 1.165) is 15.6 Å². The smallest absolute Gasteiger partial charge is 0.268 e. The van der Waals surface area contributed by atoms with Gasteiger partial charge in [0.25, 0.3) is 5.91 Å². The van der Waals surface area contributed by atoms with Gasteiger partial charge in [0.05, 0.1) is 16.2 Å². The Morgan fingerprint density at radius 3 is 2.74 bits per heavy atom. The summed E-state index contributed by atoms with van der Waals surface area (Å²) in [5.41, 5.74) is 2.79. The fraction of sp³-hybridized carbons (Fsp3) is 0.385. The number of hydrogen-bond donors (Lipinski definition) is 1. The molecule has 4 nitrogen and oxygen atoms in total. The highest BCUT2D eigenvalue weighted by Gasteiger charge is 2.19. The van der Waals surface area contributed by atoms with Crippen molar-refractivity contribution in [2.24, 2.45) is 0 Å². The van der Waals surface area contributed by atoms with Gasteiger partial charge in [-0.25, -0.2) is 10.5 Å². The average Bonchev–Trinajstić information content (AvgIpc) is 2.93. The van der Waals surface area contributed by atoms with Crippen molar-refractivity contribution >= 4 is 28.6 Å². The van der Waals surface area contributed by atoms with E-state index in [1.807, 2.05) is 45.2 Å². The van der Waals surface area contributed by atoms with Crippen molar-refractivity contribution in [3.8, 4) is 9.88 Å². The van der Waals surface area contributed by atoms with Crippen LogP contribution in [0.3, 0.4) is 0 Å². The van der Waals surface area contributed by atoms with Crippen LogP contribution in [-0.2, 0) is 4.84 Å². The molecule has 0 radical (unpaired) electrons.